The summed E-state index contributed by atoms with van der Waals surface area (Å²) in [6.07, 6.45) is 5.01. The summed E-state index contributed by atoms with van der Waals surface area (Å²) in [5.41, 5.74) is 3.15. The molecule has 0 aromatic heterocycles. The first-order valence-corrected chi connectivity index (χ1v) is 28.7. The first kappa shape index (κ1) is 30.7. The van der Waals surface area contributed by atoms with Crippen molar-refractivity contribution in [3.8, 4) is 5.75 Å². The number of hydrogen-bond acceptors (Lipinski definition) is 4. The maximum Gasteiger partial charge on any atom is 0.242 e. The maximum absolute atomic E-state index is 7.20. The average Bonchev–Trinajstić information content (AvgIpc) is 2.90. The molecule has 7 atom stereocenters. The summed E-state index contributed by atoms with van der Waals surface area (Å²) in [7, 11) is -7.06. The predicted octanol–water partition coefficient (Wildman–Crippen LogP) is 8.64. The van der Waals surface area contributed by atoms with Crippen LogP contribution in [0.2, 0.25) is 78.6 Å². The van der Waals surface area contributed by atoms with Gasteiger partial charge >= 0.3 is 0 Å². The second-order valence-electron chi connectivity index (χ2n) is 16.5. The number of benzene rings is 1. The lowest BCUT2D eigenvalue weighted by Crippen LogP contribution is -2.50. The van der Waals surface area contributed by atoms with Gasteiger partial charge in [-0.25, -0.2) is 0 Å². The van der Waals surface area contributed by atoms with Gasteiger partial charge < -0.3 is 17.7 Å². The molecule has 4 rings (SSSR count). The Hall–Kier alpha value is -0.232. The van der Waals surface area contributed by atoms with Gasteiger partial charge in [-0.15, -0.1) is 0 Å². The predicted molar refractivity (Wildman–Crippen MR) is 170 cm³/mol. The van der Waals surface area contributed by atoms with E-state index in [1.807, 2.05) is 0 Å². The highest BCUT2D eigenvalue weighted by Gasteiger charge is 2.65. The van der Waals surface area contributed by atoms with E-state index in [1.165, 1.54) is 24.8 Å². The zero-order valence-corrected chi connectivity index (χ0v) is 30.7. The summed E-state index contributed by atoms with van der Waals surface area (Å²) >= 11 is 0. The fourth-order valence-corrected chi connectivity index (χ4v) is 11.8. The van der Waals surface area contributed by atoms with Crippen LogP contribution in [0.25, 0.3) is 0 Å². The quantitative estimate of drug-likeness (QED) is 0.283. The van der Waals surface area contributed by atoms with Gasteiger partial charge in [0.1, 0.15) is 5.75 Å². The van der Waals surface area contributed by atoms with E-state index in [1.54, 1.807) is 5.56 Å². The van der Waals surface area contributed by atoms with Gasteiger partial charge in [-0.3, -0.25) is 0 Å². The Kier molecular flexibility index (Phi) is 8.28. The van der Waals surface area contributed by atoms with Gasteiger partial charge in [-0.2, -0.15) is 0 Å². The summed E-state index contributed by atoms with van der Waals surface area (Å²) < 4.78 is 27.8. The van der Waals surface area contributed by atoms with Crippen LogP contribution < -0.4 is 4.43 Å². The van der Waals surface area contributed by atoms with Crippen LogP contribution in [-0.2, 0) is 19.7 Å². The molecule has 4 nitrogen and oxygen atoms in total. The molecule has 0 bridgehead atoms. The lowest BCUT2D eigenvalue weighted by atomic mass is 9.55. The molecule has 0 aliphatic heterocycles. The molecule has 3 aliphatic carbocycles. The summed E-state index contributed by atoms with van der Waals surface area (Å²) in [4.78, 5) is 0. The summed E-state index contributed by atoms with van der Waals surface area (Å²) in [6, 6.07) is 7.00. The Morgan fingerprint density at radius 1 is 0.711 bits per heavy atom. The van der Waals surface area contributed by atoms with Gasteiger partial charge in [0.05, 0.1) is 18.3 Å². The van der Waals surface area contributed by atoms with Crippen molar-refractivity contribution in [1.82, 2.24) is 0 Å². The first-order chi connectivity index (χ1) is 17.2. The lowest BCUT2D eigenvalue weighted by molar-refractivity contribution is -0.0384. The van der Waals surface area contributed by atoms with Crippen molar-refractivity contribution in [1.29, 1.82) is 0 Å². The number of aryl methyl sites for hydroxylation is 1. The van der Waals surface area contributed by atoms with Gasteiger partial charge in [0.15, 0.2) is 25.0 Å². The summed E-state index contributed by atoms with van der Waals surface area (Å²) in [6.45, 7) is 30.4. The normalized spacial score (nSPS) is 33.9. The molecule has 0 saturated heterocycles. The molecule has 2 fully saturated rings. The highest BCUT2D eigenvalue weighted by Crippen LogP contribution is 2.63. The molecular formula is C30H56O4Si4. The largest absolute Gasteiger partial charge is 0.544 e. The molecule has 8 heteroatoms. The molecule has 0 amide bonds. The molecule has 0 unspecified atom stereocenters. The van der Waals surface area contributed by atoms with E-state index < -0.39 is 33.3 Å². The number of rotatable bonds is 8. The lowest BCUT2D eigenvalue weighted by Gasteiger charge is -2.52. The Morgan fingerprint density at radius 2 is 1.29 bits per heavy atom. The smallest absolute Gasteiger partial charge is 0.242 e. The molecule has 216 valence electrons. The van der Waals surface area contributed by atoms with Gasteiger partial charge in [-0.05, 0) is 145 Å². The minimum atomic E-state index is -1.82. The van der Waals surface area contributed by atoms with Crippen LogP contribution in [-0.4, -0.2) is 51.6 Å². The van der Waals surface area contributed by atoms with Crippen molar-refractivity contribution in [2.75, 3.05) is 0 Å². The van der Waals surface area contributed by atoms with E-state index in [0.29, 0.717) is 17.8 Å². The van der Waals surface area contributed by atoms with Crippen LogP contribution >= 0.6 is 0 Å². The van der Waals surface area contributed by atoms with Crippen molar-refractivity contribution in [3.63, 3.8) is 0 Å². The van der Waals surface area contributed by atoms with Crippen molar-refractivity contribution >= 4 is 33.3 Å². The topological polar surface area (TPSA) is 36.9 Å². The zero-order chi connectivity index (χ0) is 28.5. The van der Waals surface area contributed by atoms with E-state index in [9.17, 15) is 0 Å². The molecule has 0 heterocycles. The van der Waals surface area contributed by atoms with Crippen LogP contribution in [0.15, 0.2) is 18.2 Å². The SMILES string of the molecule is C[C@]12CC[C@@H]3c4ccc(O[Si](C)(C)C)cc4CC[C@H]3[C@@H]1[C@@H](O[Si](C)(C)C)[C@@H](O[Si](C)(C)C)[C@@H]2O[Si](C)(C)C. The molecule has 38 heavy (non-hydrogen) atoms. The standard InChI is InChI=1S/C30H56O4Si4/c1-30-19-18-24-23-17-15-22(31-35(2,3)4)20-21(23)14-16-25(24)26(30)27(32-36(5,6)7)28(33-37(8,9)10)29(30)34-38(11,12)13/h15,17,20,24-29H,14,16,18-19H2,1-13H3/t24-,25-,26-,27-,28-,29+,30+/m1/s1. The maximum atomic E-state index is 7.20. The van der Waals surface area contributed by atoms with E-state index in [0.717, 1.165) is 12.2 Å². The van der Waals surface area contributed by atoms with E-state index in [2.05, 4.69) is 104 Å². The molecular weight excluding hydrogens is 537 g/mol. The molecule has 2 saturated carbocycles. The molecule has 1 aromatic rings. The van der Waals surface area contributed by atoms with Gasteiger partial charge in [0.25, 0.3) is 0 Å². The minimum absolute atomic E-state index is 0.0304. The van der Waals surface area contributed by atoms with Crippen molar-refractivity contribution in [2.24, 2.45) is 17.3 Å². The Bertz CT molecular complexity index is 1000. The third kappa shape index (κ3) is 6.79. The highest BCUT2D eigenvalue weighted by molar-refractivity contribution is 6.71. The van der Waals surface area contributed by atoms with Crippen LogP contribution in [0, 0.1) is 17.3 Å². The molecule has 1 aromatic carbocycles. The third-order valence-electron chi connectivity index (χ3n) is 8.50. The molecule has 3 aliphatic rings. The molecule has 0 N–H and O–H groups in total. The van der Waals surface area contributed by atoms with Gasteiger partial charge in [0.2, 0.25) is 8.32 Å². The van der Waals surface area contributed by atoms with Gasteiger partial charge in [-0.1, -0.05) is 13.0 Å². The minimum Gasteiger partial charge on any atom is -0.544 e. The fourth-order valence-electron chi connectivity index (χ4n) is 7.62. The van der Waals surface area contributed by atoms with Crippen molar-refractivity contribution < 1.29 is 17.7 Å². The third-order valence-corrected chi connectivity index (χ3v) is 12.3. The van der Waals surface area contributed by atoms with Crippen molar-refractivity contribution in [2.45, 2.75) is 135 Å². The van der Waals surface area contributed by atoms with Crippen molar-refractivity contribution in [3.05, 3.63) is 29.3 Å². The first-order valence-electron chi connectivity index (χ1n) is 15.0. The second-order valence-corrected chi connectivity index (χ2v) is 34.3. The number of fused-ring (bicyclic) bond motifs is 5. The Balaban J connectivity index is 1.76. The van der Waals surface area contributed by atoms with Crippen LogP contribution in [0.4, 0.5) is 0 Å². The average molecular weight is 593 g/mol. The summed E-state index contributed by atoms with van der Waals surface area (Å²) in [5, 5.41) is 0. The fraction of sp³-hybridized carbons (Fsp3) is 0.800. The van der Waals surface area contributed by atoms with E-state index in [4.69, 9.17) is 17.7 Å². The van der Waals surface area contributed by atoms with Gasteiger partial charge in [0, 0.05) is 5.41 Å². The Labute approximate surface area is 238 Å². The molecule has 0 radical (unpaired) electrons. The van der Waals surface area contributed by atoms with E-state index in [-0.39, 0.29) is 23.7 Å². The van der Waals surface area contributed by atoms with E-state index >= 15 is 0 Å². The Morgan fingerprint density at radius 3 is 1.84 bits per heavy atom. The van der Waals surface area contributed by atoms with Crippen LogP contribution in [0.5, 0.6) is 5.75 Å². The zero-order valence-electron chi connectivity index (χ0n) is 26.7. The molecule has 0 spiro atoms. The van der Waals surface area contributed by atoms with Crippen LogP contribution in [0.1, 0.15) is 43.2 Å². The summed E-state index contributed by atoms with van der Waals surface area (Å²) in [5.74, 6) is 2.72. The second kappa shape index (κ2) is 10.2. The monoisotopic (exact) mass is 592 g/mol. The van der Waals surface area contributed by atoms with Crippen LogP contribution in [0.3, 0.4) is 0 Å². The number of hydrogen-bond donors (Lipinski definition) is 0. The highest BCUT2D eigenvalue weighted by atomic mass is 28.4.